The maximum atomic E-state index is 13.2. The van der Waals surface area contributed by atoms with Gasteiger partial charge in [-0.3, -0.25) is 4.99 Å². The highest BCUT2D eigenvalue weighted by Crippen LogP contribution is 2.19. The van der Waals surface area contributed by atoms with Crippen LogP contribution in [-0.4, -0.2) is 26.7 Å². The Morgan fingerprint density at radius 1 is 1.20 bits per heavy atom. The van der Waals surface area contributed by atoms with Gasteiger partial charge in [0.2, 0.25) is 0 Å². The number of benzene rings is 2. The monoisotopic (exact) mass is 477 g/mol. The van der Waals surface area contributed by atoms with Crippen LogP contribution in [0.1, 0.15) is 17.2 Å². The molecule has 0 aliphatic heterocycles. The molecular formula is C18H22ClFIN3O. The predicted octanol–water partition coefficient (Wildman–Crippen LogP) is 4.15. The number of rotatable bonds is 6. The lowest BCUT2D eigenvalue weighted by molar-refractivity contribution is 0.106. The molecule has 0 fully saturated rings. The Labute approximate surface area is 169 Å². The van der Waals surface area contributed by atoms with Gasteiger partial charge in [-0.1, -0.05) is 35.9 Å². The zero-order chi connectivity index (χ0) is 17.4. The van der Waals surface area contributed by atoms with Gasteiger partial charge >= 0.3 is 0 Å². The third-order valence-electron chi connectivity index (χ3n) is 3.53. The summed E-state index contributed by atoms with van der Waals surface area (Å²) >= 11 is 6.02. The van der Waals surface area contributed by atoms with Gasteiger partial charge in [-0.25, -0.2) is 4.39 Å². The molecule has 0 spiro atoms. The van der Waals surface area contributed by atoms with Crippen LogP contribution in [0.2, 0.25) is 5.02 Å². The molecule has 1 unspecified atom stereocenters. The van der Waals surface area contributed by atoms with Gasteiger partial charge in [-0.05, 0) is 35.4 Å². The van der Waals surface area contributed by atoms with E-state index in [0.29, 0.717) is 24.1 Å². The number of nitrogens with zero attached hydrogens (tertiary/aromatic N) is 1. The van der Waals surface area contributed by atoms with E-state index in [1.54, 1.807) is 20.2 Å². The molecule has 0 saturated carbocycles. The topological polar surface area (TPSA) is 45.7 Å². The average Bonchev–Trinajstić information content (AvgIpc) is 2.58. The SMILES string of the molecule is CN=C(NCc1cccc(F)c1)NCC(OC)c1cccc(Cl)c1.I. The van der Waals surface area contributed by atoms with Crippen LogP contribution in [0, 0.1) is 5.82 Å². The third-order valence-corrected chi connectivity index (χ3v) is 3.77. The van der Waals surface area contributed by atoms with E-state index in [0.717, 1.165) is 11.1 Å². The minimum Gasteiger partial charge on any atom is -0.375 e. The first-order valence-electron chi connectivity index (χ1n) is 7.59. The van der Waals surface area contributed by atoms with Crippen LogP contribution in [0.5, 0.6) is 0 Å². The smallest absolute Gasteiger partial charge is 0.191 e. The van der Waals surface area contributed by atoms with Crippen molar-refractivity contribution in [2.24, 2.45) is 4.99 Å². The van der Waals surface area contributed by atoms with E-state index in [2.05, 4.69) is 15.6 Å². The molecule has 0 heterocycles. The number of methoxy groups -OCH3 is 1. The summed E-state index contributed by atoms with van der Waals surface area (Å²) < 4.78 is 18.7. The summed E-state index contributed by atoms with van der Waals surface area (Å²) in [5.41, 5.74) is 1.83. The highest BCUT2D eigenvalue weighted by atomic mass is 127. The number of hydrogen-bond acceptors (Lipinski definition) is 2. The van der Waals surface area contributed by atoms with Gasteiger partial charge in [-0.15, -0.1) is 24.0 Å². The lowest BCUT2D eigenvalue weighted by Crippen LogP contribution is -2.39. The first-order valence-corrected chi connectivity index (χ1v) is 7.97. The van der Waals surface area contributed by atoms with Gasteiger partial charge in [-0.2, -0.15) is 0 Å². The molecule has 2 aromatic carbocycles. The average molecular weight is 478 g/mol. The second kappa shape index (κ2) is 11.3. The van der Waals surface area contributed by atoms with E-state index in [1.165, 1.54) is 12.1 Å². The number of halogens is 3. The molecule has 0 aromatic heterocycles. The van der Waals surface area contributed by atoms with Gasteiger partial charge in [0.1, 0.15) is 5.82 Å². The third kappa shape index (κ3) is 7.17. The van der Waals surface area contributed by atoms with Crippen molar-refractivity contribution >= 4 is 41.5 Å². The summed E-state index contributed by atoms with van der Waals surface area (Å²) in [6, 6.07) is 14.0. The zero-order valence-electron chi connectivity index (χ0n) is 14.1. The Hall–Kier alpha value is -1.38. The molecular weight excluding hydrogens is 456 g/mol. The maximum absolute atomic E-state index is 13.2. The van der Waals surface area contributed by atoms with E-state index in [9.17, 15) is 4.39 Å². The normalized spacial score (nSPS) is 12.2. The van der Waals surface area contributed by atoms with Crippen molar-refractivity contribution in [1.82, 2.24) is 10.6 Å². The Bertz CT molecular complexity index is 700. The van der Waals surface area contributed by atoms with Crippen molar-refractivity contribution in [2.75, 3.05) is 20.7 Å². The van der Waals surface area contributed by atoms with Crippen molar-refractivity contribution in [3.8, 4) is 0 Å². The largest absolute Gasteiger partial charge is 0.375 e. The van der Waals surface area contributed by atoms with E-state index < -0.39 is 0 Å². The minimum atomic E-state index is -0.252. The molecule has 2 N–H and O–H groups in total. The van der Waals surface area contributed by atoms with Gasteiger partial charge in [0.25, 0.3) is 0 Å². The number of ether oxygens (including phenoxy) is 1. The molecule has 0 radical (unpaired) electrons. The fourth-order valence-electron chi connectivity index (χ4n) is 2.29. The molecule has 7 heteroatoms. The molecule has 2 rings (SSSR count). The van der Waals surface area contributed by atoms with Crippen LogP contribution in [0.25, 0.3) is 0 Å². The summed E-state index contributed by atoms with van der Waals surface area (Å²) in [5, 5.41) is 7.02. The molecule has 1 atom stereocenters. The number of nitrogens with one attached hydrogen (secondary N) is 2. The molecule has 25 heavy (non-hydrogen) atoms. The van der Waals surface area contributed by atoms with Crippen LogP contribution in [0.3, 0.4) is 0 Å². The van der Waals surface area contributed by atoms with Gasteiger partial charge in [0.05, 0.1) is 6.10 Å². The molecule has 136 valence electrons. The van der Waals surface area contributed by atoms with Gasteiger partial charge in [0.15, 0.2) is 5.96 Å². The molecule has 0 saturated heterocycles. The number of aliphatic imine (C=N–C) groups is 1. The Balaban J connectivity index is 0.00000312. The molecule has 0 bridgehead atoms. The second-order valence-electron chi connectivity index (χ2n) is 5.22. The first kappa shape index (κ1) is 21.7. The Kier molecular flexibility index (Phi) is 9.77. The summed E-state index contributed by atoms with van der Waals surface area (Å²) in [7, 11) is 3.33. The van der Waals surface area contributed by atoms with Crippen molar-refractivity contribution in [3.63, 3.8) is 0 Å². The zero-order valence-corrected chi connectivity index (χ0v) is 17.2. The van der Waals surface area contributed by atoms with E-state index >= 15 is 0 Å². The summed E-state index contributed by atoms with van der Waals surface area (Å²) in [5.74, 6) is 0.362. The van der Waals surface area contributed by atoms with E-state index in [1.807, 2.05) is 30.3 Å². The van der Waals surface area contributed by atoms with Crippen LogP contribution < -0.4 is 10.6 Å². The van der Waals surface area contributed by atoms with Gasteiger partial charge in [0, 0.05) is 32.3 Å². The summed E-state index contributed by atoms with van der Waals surface area (Å²) in [6.07, 6.45) is -0.156. The second-order valence-corrected chi connectivity index (χ2v) is 5.65. The first-order chi connectivity index (χ1) is 11.6. The Morgan fingerprint density at radius 2 is 1.96 bits per heavy atom. The standard InChI is InChI=1S/C18H21ClFN3O.HI/c1-21-18(22-11-13-5-3-8-16(20)9-13)23-12-17(24-2)14-6-4-7-15(19)10-14;/h3-10,17H,11-12H2,1-2H3,(H2,21,22,23);1H. The minimum absolute atomic E-state index is 0. The molecule has 0 amide bonds. The highest BCUT2D eigenvalue weighted by Gasteiger charge is 2.11. The van der Waals surface area contributed by atoms with Crippen LogP contribution >= 0.6 is 35.6 Å². The predicted molar refractivity (Wildman–Crippen MR) is 111 cm³/mol. The van der Waals surface area contributed by atoms with Gasteiger partial charge < -0.3 is 15.4 Å². The molecule has 2 aromatic rings. The van der Waals surface area contributed by atoms with Crippen molar-refractivity contribution < 1.29 is 9.13 Å². The molecule has 4 nitrogen and oxygen atoms in total. The summed E-state index contributed by atoms with van der Waals surface area (Å²) in [4.78, 5) is 4.16. The fraction of sp³-hybridized carbons (Fsp3) is 0.278. The van der Waals surface area contributed by atoms with Crippen LogP contribution in [-0.2, 0) is 11.3 Å². The lowest BCUT2D eigenvalue weighted by Gasteiger charge is -2.19. The number of hydrogen-bond donors (Lipinski definition) is 2. The number of guanidine groups is 1. The van der Waals surface area contributed by atoms with Crippen molar-refractivity contribution in [2.45, 2.75) is 12.6 Å². The summed E-state index contributed by atoms with van der Waals surface area (Å²) in [6.45, 7) is 1.01. The van der Waals surface area contributed by atoms with E-state index in [-0.39, 0.29) is 35.9 Å². The lowest BCUT2D eigenvalue weighted by atomic mass is 10.1. The quantitative estimate of drug-likeness (QED) is 0.373. The van der Waals surface area contributed by atoms with Crippen LogP contribution in [0.4, 0.5) is 4.39 Å². The van der Waals surface area contributed by atoms with Crippen molar-refractivity contribution in [1.29, 1.82) is 0 Å². The van der Waals surface area contributed by atoms with Crippen LogP contribution in [0.15, 0.2) is 53.5 Å². The van der Waals surface area contributed by atoms with E-state index in [4.69, 9.17) is 16.3 Å². The fourth-order valence-corrected chi connectivity index (χ4v) is 2.49. The molecule has 0 aliphatic carbocycles. The van der Waals surface area contributed by atoms with Crippen molar-refractivity contribution in [3.05, 3.63) is 70.5 Å². The maximum Gasteiger partial charge on any atom is 0.191 e. The highest BCUT2D eigenvalue weighted by molar-refractivity contribution is 14.0. The Morgan fingerprint density at radius 3 is 2.60 bits per heavy atom. The molecule has 0 aliphatic rings.